The molecule has 0 amide bonds. The molecule has 0 N–H and O–H groups in total. The molecule has 95 heavy (non-hydrogen) atoms. The first-order valence-corrected chi connectivity index (χ1v) is 39.0. The molecule has 0 aliphatic carbocycles. The van der Waals surface area contributed by atoms with Crippen molar-refractivity contribution < 1.29 is 42.9 Å². The van der Waals surface area contributed by atoms with E-state index in [1.165, 1.54) is 154 Å². The third kappa shape index (κ3) is 76.4. The monoisotopic (exact) mass is 1320 g/mol. The summed E-state index contributed by atoms with van der Waals surface area (Å²) in [5, 5.41) is 11.9. The number of carboxylic acid groups (broad SMARTS) is 1. The second-order valence-electron chi connectivity index (χ2n) is 26.9. The molecule has 9 nitrogen and oxygen atoms in total. The quantitative estimate of drug-likeness (QED) is 0.0195. The molecule has 0 bridgehead atoms. The first kappa shape index (κ1) is 90.2. The third-order valence-corrected chi connectivity index (χ3v) is 16.6. The topological polar surface area (TPSA) is 111 Å². The van der Waals surface area contributed by atoms with Crippen molar-refractivity contribution in [3.8, 4) is 0 Å². The number of ether oxygens (including phenoxy) is 4. The number of hydrogen-bond acceptors (Lipinski definition) is 8. The van der Waals surface area contributed by atoms with Gasteiger partial charge in [0, 0.05) is 12.8 Å². The van der Waals surface area contributed by atoms with E-state index in [1.54, 1.807) is 0 Å². The van der Waals surface area contributed by atoms with Crippen LogP contribution in [0.15, 0.2) is 146 Å². The maximum absolute atomic E-state index is 13.0. The predicted octanol–water partition coefficient (Wildman–Crippen LogP) is 23.7. The average Bonchev–Trinajstić information content (AvgIpc) is 3.24. The molecule has 0 aliphatic rings. The molecule has 542 valence electrons. The highest BCUT2D eigenvalue weighted by Gasteiger charge is 2.22. The SMILES string of the molecule is CC/C=C\C/C=C\C/C=C\C/C=C\C/C=C\C/C=C\C/C=C\C/C=C\CCCCCCCCC(=O)OC(COC(=O)CCCCCCCCCCCCCCCCCCCCCCCCCCCC/C=C\C/C=C\C/C=C\C/C=C\CC)COC(OCC[N+](C)(C)C)C(=O)[O-]. The van der Waals surface area contributed by atoms with Crippen LogP contribution in [-0.4, -0.2) is 82.3 Å². The molecular weight excluding hydrogens is 1170 g/mol. The second-order valence-corrected chi connectivity index (χ2v) is 26.9. The van der Waals surface area contributed by atoms with E-state index in [1.807, 2.05) is 21.1 Å². The molecule has 9 heteroatoms. The van der Waals surface area contributed by atoms with Crippen molar-refractivity contribution in [3.63, 3.8) is 0 Å². The lowest BCUT2D eigenvalue weighted by molar-refractivity contribution is -0.870. The van der Waals surface area contributed by atoms with Crippen LogP contribution in [0.1, 0.15) is 322 Å². The van der Waals surface area contributed by atoms with E-state index in [-0.39, 0.29) is 38.6 Å². The van der Waals surface area contributed by atoms with Crippen LogP contribution in [0, 0.1) is 0 Å². The molecule has 0 aromatic carbocycles. The number of carbonyl (C=O) groups is 3. The zero-order valence-electron chi connectivity index (χ0n) is 62.0. The minimum atomic E-state index is -1.63. The lowest BCUT2D eigenvalue weighted by Gasteiger charge is -2.26. The molecule has 0 aromatic heterocycles. The Morgan fingerprint density at radius 2 is 0.568 bits per heavy atom. The highest BCUT2D eigenvalue weighted by Crippen LogP contribution is 2.18. The normalized spacial score (nSPS) is 13.5. The fourth-order valence-electron chi connectivity index (χ4n) is 10.7. The molecule has 2 atom stereocenters. The molecule has 0 aliphatic heterocycles. The Hall–Kier alpha value is -4.83. The molecule has 0 saturated carbocycles. The van der Waals surface area contributed by atoms with Crippen LogP contribution in [-0.2, 0) is 33.3 Å². The van der Waals surface area contributed by atoms with Gasteiger partial charge in [0.05, 0.1) is 40.3 Å². The second kappa shape index (κ2) is 75.0. The van der Waals surface area contributed by atoms with Gasteiger partial charge in [0.2, 0.25) is 0 Å². The Balaban J connectivity index is 4.06. The van der Waals surface area contributed by atoms with E-state index in [0.29, 0.717) is 17.4 Å². The van der Waals surface area contributed by atoms with Crippen molar-refractivity contribution in [3.05, 3.63) is 146 Å². The van der Waals surface area contributed by atoms with Gasteiger partial charge in [-0.05, 0) is 116 Å². The predicted molar refractivity (Wildman–Crippen MR) is 407 cm³/mol. The van der Waals surface area contributed by atoms with Gasteiger partial charge >= 0.3 is 11.9 Å². The molecule has 0 rings (SSSR count). The Morgan fingerprint density at radius 1 is 0.316 bits per heavy atom. The van der Waals surface area contributed by atoms with E-state index in [4.69, 9.17) is 18.9 Å². The number of esters is 2. The summed E-state index contributed by atoms with van der Waals surface area (Å²) < 4.78 is 22.8. The molecule has 0 heterocycles. The van der Waals surface area contributed by atoms with Crippen molar-refractivity contribution in [2.45, 2.75) is 334 Å². The standard InChI is InChI=1S/C86H145NO8/c1-6-8-10-12-14-16-18-20-22-24-26-28-30-32-34-36-38-39-40-41-42-43-44-45-47-48-50-52-54-56-58-60-62-64-66-68-70-72-74-76-83(88)93-80-82(81-94-86(85(90)91)92-79-78-87(3,4)5)95-84(89)77-75-73-71-69-67-65-63-61-59-57-55-53-51-49-46-37-35-33-31-29-27-25-23-21-19-17-15-13-11-9-7-2/h8-11,14-17,20-23,26-29,33,35,46,49,53,55,59,61,82,86H,6-7,12-13,18-19,24-25,30-32,34,36-45,47-48,50-52,54,56-58,60,62-81H2,1-5H3/b10-8-,11-9-,16-14-,17-15-,22-20-,23-21-,28-26-,29-27-,35-33-,49-46-,55-53-,61-59-. The Morgan fingerprint density at radius 3 is 0.842 bits per heavy atom. The summed E-state index contributed by atoms with van der Waals surface area (Å²) in [7, 11) is 5.93. The lowest BCUT2D eigenvalue weighted by atomic mass is 10.0. The number of allylic oxidation sites excluding steroid dienone is 24. The maximum Gasteiger partial charge on any atom is 0.306 e. The summed E-state index contributed by atoms with van der Waals surface area (Å²) >= 11 is 0. The number of aliphatic carboxylic acids is 1. The largest absolute Gasteiger partial charge is 0.545 e. The van der Waals surface area contributed by atoms with Gasteiger partial charge in [-0.2, -0.15) is 0 Å². The van der Waals surface area contributed by atoms with Gasteiger partial charge in [-0.15, -0.1) is 0 Å². The zero-order chi connectivity index (χ0) is 69.0. The van der Waals surface area contributed by atoms with E-state index < -0.39 is 24.3 Å². The summed E-state index contributed by atoms with van der Waals surface area (Å²) in [5.74, 6) is -2.30. The first-order chi connectivity index (χ1) is 46.6. The van der Waals surface area contributed by atoms with E-state index >= 15 is 0 Å². The van der Waals surface area contributed by atoms with E-state index in [0.717, 1.165) is 135 Å². The lowest BCUT2D eigenvalue weighted by Crippen LogP contribution is -2.44. The van der Waals surface area contributed by atoms with Gasteiger partial charge in [-0.1, -0.05) is 339 Å². The fraction of sp³-hybridized carbons (Fsp3) is 0.686. The van der Waals surface area contributed by atoms with Gasteiger partial charge in [0.1, 0.15) is 13.2 Å². The van der Waals surface area contributed by atoms with E-state index in [9.17, 15) is 19.5 Å². The van der Waals surface area contributed by atoms with Crippen molar-refractivity contribution >= 4 is 17.9 Å². The molecule has 0 aromatic rings. The van der Waals surface area contributed by atoms with Crippen LogP contribution in [0.25, 0.3) is 0 Å². The number of carboxylic acids is 1. The minimum Gasteiger partial charge on any atom is -0.545 e. The number of carbonyl (C=O) groups excluding carboxylic acids is 3. The van der Waals surface area contributed by atoms with Crippen LogP contribution >= 0.6 is 0 Å². The van der Waals surface area contributed by atoms with Crippen LogP contribution < -0.4 is 5.11 Å². The number of quaternary nitrogens is 1. The highest BCUT2D eigenvalue weighted by atomic mass is 16.7. The number of likely N-dealkylation sites (N-methyl/N-ethyl adjacent to an activating group) is 1. The molecule has 0 fully saturated rings. The smallest absolute Gasteiger partial charge is 0.306 e. The van der Waals surface area contributed by atoms with Crippen molar-refractivity contribution in [2.24, 2.45) is 0 Å². The van der Waals surface area contributed by atoms with Crippen molar-refractivity contribution in [1.29, 1.82) is 0 Å². The Labute approximate surface area is 585 Å². The van der Waals surface area contributed by atoms with Gasteiger partial charge < -0.3 is 33.3 Å². The fourth-order valence-corrected chi connectivity index (χ4v) is 10.7. The summed E-state index contributed by atoms with van der Waals surface area (Å²) in [5.41, 5.74) is 0. The number of rotatable bonds is 71. The zero-order valence-corrected chi connectivity index (χ0v) is 62.0. The maximum atomic E-state index is 13.0. The average molecular weight is 1320 g/mol. The summed E-state index contributed by atoms with van der Waals surface area (Å²) in [6.07, 6.45) is 107. The van der Waals surface area contributed by atoms with E-state index in [2.05, 4.69) is 160 Å². The molecular formula is C86H145NO8. The molecule has 0 saturated heterocycles. The third-order valence-electron chi connectivity index (χ3n) is 16.6. The van der Waals surface area contributed by atoms with Crippen LogP contribution in [0.2, 0.25) is 0 Å². The summed E-state index contributed by atoms with van der Waals surface area (Å²) in [6.45, 7) is 4.52. The Kier molecular flexibility index (Phi) is 71.1. The minimum absolute atomic E-state index is 0.139. The van der Waals surface area contributed by atoms with Crippen molar-refractivity contribution in [1.82, 2.24) is 0 Å². The molecule has 0 spiro atoms. The highest BCUT2D eigenvalue weighted by molar-refractivity contribution is 5.70. The van der Waals surface area contributed by atoms with Crippen LogP contribution in [0.3, 0.4) is 0 Å². The summed E-state index contributed by atoms with van der Waals surface area (Å²) in [4.78, 5) is 37.6. The number of unbranched alkanes of at least 4 members (excludes halogenated alkanes) is 32. The molecule has 2 unspecified atom stereocenters. The van der Waals surface area contributed by atoms with Crippen LogP contribution in [0.5, 0.6) is 0 Å². The molecule has 0 radical (unpaired) electrons. The van der Waals surface area contributed by atoms with Gasteiger partial charge in [-0.3, -0.25) is 9.59 Å². The van der Waals surface area contributed by atoms with Gasteiger partial charge in [0.25, 0.3) is 0 Å². The van der Waals surface area contributed by atoms with Crippen molar-refractivity contribution in [2.75, 3.05) is 47.5 Å². The number of hydrogen-bond donors (Lipinski definition) is 0. The Bertz CT molecular complexity index is 2080. The summed E-state index contributed by atoms with van der Waals surface area (Å²) in [6, 6.07) is 0. The van der Waals surface area contributed by atoms with Crippen LogP contribution in [0.4, 0.5) is 0 Å². The number of nitrogens with zero attached hydrogens (tertiary/aromatic N) is 1. The van der Waals surface area contributed by atoms with Gasteiger partial charge in [-0.25, -0.2) is 0 Å². The first-order valence-electron chi connectivity index (χ1n) is 39.0. The van der Waals surface area contributed by atoms with Gasteiger partial charge in [0.15, 0.2) is 12.4 Å².